The fraction of sp³-hybridized carbons (Fsp3) is 0.538. The first-order valence-electron chi connectivity index (χ1n) is 5.71. The van der Waals surface area contributed by atoms with Gasteiger partial charge in [-0.1, -0.05) is 6.92 Å². The minimum atomic E-state index is 0.932. The molecule has 0 atom stereocenters. The van der Waals surface area contributed by atoms with Gasteiger partial charge in [-0.25, -0.2) is 0 Å². The summed E-state index contributed by atoms with van der Waals surface area (Å²) >= 11 is 4.23. The average Bonchev–Trinajstić information content (AvgIpc) is 2.34. The second-order valence-corrected chi connectivity index (χ2v) is 4.30. The molecule has 0 N–H and O–H groups in total. The van der Waals surface area contributed by atoms with Gasteiger partial charge in [-0.2, -0.15) is 12.6 Å². The van der Waals surface area contributed by atoms with Crippen molar-refractivity contribution < 1.29 is 4.74 Å². The Kier molecular flexibility index (Phi) is 5.53. The zero-order valence-electron chi connectivity index (χ0n) is 10.4. The van der Waals surface area contributed by atoms with E-state index >= 15 is 0 Å². The van der Waals surface area contributed by atoms with Crippen molar-refractivity contribution in [2.45, 2.75) is 19.8 Å². The van der Waals surface area contributed by atoms with E-state index in [1.54, 1.807) is 7.11 Å². The van der Waals surface area contributed by atoms with E-state index in [1.165, 1.54) is 11.3 Å². The number of anilines is 1. The molecule has 0 saturated heterocycles. The highest BCUT2D eigenvalue weighted by Crippen LogP contribution is 2.24. The van der Waals surface area contributed by atoms with Crippen LogP contribution in [0.25, 0.3) is 0 Å². The molecule has 0 unspecified atom stereocenters. The first-order chi connectivity index (χ1) is 7.72. The lowest BCUT2D eigenvalue weighted by Crippen LogP contribution is -2.18. The maximum Gasteiger partial charge on any atom is 0.122 e. The van der Waals surface area contributed by atoms with Crippen molar-refractivity contribution in [1.82, 2.24) is 0 Å². The zero-order chi connectivity index (χ0) is 12.0. The van der Waals surface area contributed by atoms with Gasteiger partial charge in [-0.15, -0.1) is 0 Å². The minimum Gasteiger partial charge on any atom is -0.496 e. The summed E-state index contributed by atoms with van der Waals surface area (Å²) in [5, 5.41) is 0. The number of ether oxygens (including phenoxy) is 1. The van der Waals surface area contributed by atoms with Crippen LogP contribution >= 0.6 is 12.6 Å². The van der Waals surface area contributed by atoms with E-state index in [4.69, 9.17) is 4.74 Å². The number of hydrogen-bond donors (Lipinski definition) is 1. The molecule has 1 aromatic carbocycles. The monoisotopic (exact) mass is 239 g/mol. The number of hydrogen-bond acceptors (Lipinski definition) is 3. The van der Waals surface area contributed by atoms with E-state index in [-0.39, 0.29) is 0 Å². The van der Waals surface area contributed by atoms with Crippen molar-refractivity contribution in [3.63, 3.8) is 0 Å². The summed E-state index contributed by atoms with van der Waals surface area (Å²) in [7, 11) is 3.84. The van der Waals surface area contributed by atoms with Crippen LogP contribution in [-0.2, 0) is 6.42 Å². The van der Waals surface area contributed by atoms with Gasteiger partial charge in [0.05, 0.1) is 7.11 Å². The van der Waals surface area contributed by atoms with Crippen LogP contribution in [0.4, 0.5) is 5.69 Å². The van der Waals surface area contributed by atoms with Gasteiger partial charge in [-0.05, 0) is 42.4 Å². The first-order valence-corrected chi connectivity index (χ1v) is 6.35. The maximum absolute atomic E-state index is 5.32. The zero-order valence-corrected chi connectivity index (χ0v) is 11.3. The lowest BCUT2D eigenvalue weighted by Gasteiger charge is -2.20. The molecule has 0 aliphatic rings. The molecule has 0 aliphatic carbocycles. The molecule has 0 spiro atoms. The fourth-order valence-electron chi connectivity index (χ4n) is 1.72. The van der Waals surface area contributed by atoms with Crippen molar-refractivity contribution in [3.05, 3.63) is 23.8 Å². The van der Waals surface area contributed by atoms with Crippen LogP contribution in [0, 0.1) is 0 Å². The molecular formula is C13H21NOS. The first kappa shape index (κ1) is 13.2. The van der Waals surface area contributed by atoms with Crippen molar-refractivity contribution in [1.29, 1.82) is 0 Å². The van der Waals surface area contributed by atoms with E-state index < -0.39 is 0 Å². The molecule has 0 heterocycles. The van der Waals surface area contributed by atoms with Crippen LogP contribution in [0.2, 0.25) is 0 Å². The van der Waals surface area contributed by atoms with E-state index in [0.29, 0.717) is 0 Å². The highest BCUT2D eigenvalue weighted by atomic mass is 32.1. The Morgan fingerprint density at radius 3 is 2.69 bits per heavy atom. The van der Waals surface area contributed by atoms with Gasteiger partial charge in [0, 0.05) is 19.3 Å². The van der Waals surface area contributed by atoms with Gasteiger partial charge in [0.2, 0.25) is 0 Å². The lowest BCUT2D eigenvalue weighted by molar-refractivity contribution is 0.410. The summed E-state index contributed by atoms with van der Waals surface area (Å²) in [6.45, 7) is 3.19. The SMILES string of the molecule is CCc1cc(N(C)CCCS)ccc1OC. The molecule has 3 heteroatoms. The van der Waals surface area contributed by atoms with E-state index in [0.717, 1.165) is 30.9 Å². The number of thiol groups is 1. The molecule has 0 aromatic heterocycles. The lowest BCUT2D eigenvalue weighted by atomic mass is 10.1. The fourth-order valence-corrected chi connectivity index (χ4v) is 1.86. The van der Waals surface area contributed by atoms with Gasteiger partial charge in [0.15, 0.2) is 0 Å². The van der Waals surface area contributed by atoms with Crippen LogP contribution in [0.1, 0.15) is 18.9 Å². The van der Waals surface area contributed by atoms with Gasteiger partial charge in [-0.3, -0.25) is 0 Å². The Bertz CT molecular complexity index is 328. The Morgan fingerprint density at radius 1 is 1.38 bits per heavy atom. The van der Waals surface area contributed by atoms with Gasteiger partial charge < -0.3 is 9.64 Å². The molecule has 1 rings (SSSR count). The van der Waals surface area contributed by atoms with Gasteiger partial charge >= 0.3 is 0 Å². The summed E-state index contributed by atoms with van der Waals surface area (Å²) < 4.78 is 5.32. The second-order valence-electron chi connectivity index (χ2n) is 3.85. The van der Waals surface area contributed by atoms with E-state index in [2.05, 4.69) is 43.6 Å². The van der Waals surface area contributed by atoms with Crippen LogP contribution in [0.5, 0.6) is 5.75 Å². The largest absolute Gasteiger partial charge is 0.496 e. The molecular weight excluding hydrogens is 218 g/mol. The Labute approximate surface area is 104 Å². The Balaban J connectivity index is 2.81. The van der Waals surface area contributed by atoms with E-state index in [9.17, 15) is 0 Å². The molecule has 90 valence electrons. The highest BCUT2D eigenvalue weighted by molar-refractivity contribution is 7.80. The molecule has 2 nitrogen and oxygen atoms in total. The van der Waals surface area contributed by atoms with Crippen LogP contribution < -0.4 is 9.64 Å². The third kappa shape index (κ3) is 3.34. The third-order valence-electron chi connectivity index (χ3n) is 2.74. The Hall–Kier alpha value is -0.830. The number of rotatable bonds is 6. The highest BCUT2D eigenvalue weighted by Gasteiger charge is 2.05. The predicted octanol–water partition coefficient (Wildman–Crippen LogP) is 3.01. The Morgan fingerprint density at radius 2 is 2.12 bits per heavy atom. The number of methoxy groups -OCH3 is 1. The van der Waals surface area contributed by atoms with Crippen LogP contribution in [0.3, 0.4) is 0 Å². The molecule has 0 saturated carbocycles. The average molecular weight is 239 g/mol. The summed E-state index contributed by atoms with van der Waals surface area (Å²) in [6, 6.07) is 6.36. The molecule has 0 radical (unpaired) electrons. The standard InChI is InChI=1S/C13H21NOS/c1-4-11-10-12(6-7-13(11)15-3)14(2)8-5-9-16/h6-7,10,16H,4-5,8-9H2,1-3H3. The number of benzene rings is 1. The second kappa shape index (κ2) is 6.69. The van der Waals surface area contributed by atoms with Gasteiger partial charge in [0.1, 0.15) is 5.75 Å². The van der Waals surface area contributed by atoms with E-state index in [1.807, 2.05) is 6.07 Å². The molecule has 0 fully saturated rings. The summed E-state index contributed by atoms with van der Waals surface area (Å²) in [5.74, 6) is 1.91. The van der Waals surface area contributed by atoms with Crippen LogP contribution in [-0.4, -0.2) is 26.5 Å². The molecule has 0 aliphatic heterocycles. The maximum atomic E-state index is 5.32. The normalized spacial score (nSPS) is 10.2. The molecule has 16 heavy (non-hydrogen) atoms. The van der Waals surface area contributed by atoms with Gasteiger partial charge in [0.25, 0.3) is 0 Å². The summed E-state index contributed by atoms with van der Waals surface area (Å²) in [4.78, 5) is 2.26. The molecule has 1 aromatic rings. The predicted molar refractivity (Wildman–Crippen MR) is 74.1 cm³/mol. The summed E-state index contributed by atoms with van der Waals surface area (Å²) in [6.07, 6.45) is 2.10. The molecule has 0 bridgehead atoms. The number of aryl methyl sites for hydroxylation is 1. The topological polar surface area (TPSA) is 12.5 Å². The number of nitrogens with zero attached hydrogens (tertiary/aromatic N) is 1. The third-order valence-corrected chi connectivity index (χ3v) is 3.05. The quantitative estimate of drug-likeness (QED) is 0.766. The van der Waals surface area contributed by atoms with Crippen LogP contribution in [0.15, 0.2) is 18.2 Å². The van der Waals surface area contributed by atoms with Crippen molar-refractivity contribution in [3.8, 4) is 5.75 Å². The van der Waals surface area contributed by atoms with Crippen molar-refractivity contribution in [2.75, 3.05) is 31.4 Å². The van der Waals surface area contributed by atoms with Crippen molar-refractivity contribution >= 4 is 18.3 Å². The minimum absolute atomic E-state index is 0.932. The van der Waals surface area contributed by atoms with Crippen molar-refractivity contribution in [2.24, 2.45) is 0 Å². The summed E-state index contributed by atoms with van der Waals surface area (Å²) in [5.41, 5.74) is 2.51. The smallest absolute Gasteiger partial charge is 0.122 e. The molecule has 0 amide bonds.